The molecular formula is C13H18BrNO2. The molecule has 1 unspecified atom stereocenters. The van der Waals surface area contributed by atoms with Crippen molar-refractivity contribution in [3.05, 3.63) is 29.8 Å². The average Bonchev–Trinajstić information content (AvgIpc) is 2.29. The van der Waals surface area contributed by atoms with Crippen molar-refractivity contribution in [3.63, 3.8) is 0 Å². The predicted octanol–water partition coefficient (Wildman–Crippen LogP) is 2.83. The van der Waals surface area contributed by atoms with Crippen molar-refractivity contribution in [3.8, 4) is 5.75 Å². The lowest BCUT2D eigenvalue weighted by atomic mass is 9.99. The molecule has 0 saturated carbocycles. The fourth-order valence-electron chi connectivity index (χ4n) is 1.41. The predicted molar refractivity (Wildman–Crippen MR) is 72.6 cm³/mol. The molecule has 0 aliphatic rings. The number of hydrogen-bond donors (Lipinski definition) is 1. The number of nitrogens with two attached hydrogens (primary N) is 1. The van der Waals surface area contributed by atoms with Gasteiger partial charge in [0.1, 0.15) is 5.75 Å². The molecule has 0 spiro atoms. The van der Waals surface area contributed by atoms with Crippen LogP contribution < -0.4 is 10.5 Å². The third-order valence-electron chi connectivity index (χ3n) is 2.75. The monoisotopic (exact) mass is 299 g/mol. The van der Waals surface area contributed by atoms with Gasteiger partial charge in [0.25, 0.3) is 5.91 Å². The van der Waals surface area contributed by atoms with Crippen molar-refractivity contribution in [1.82, 2.24) is 0 Å². The zero-order valence-corrected chi connectivity index (χ0v) is 11.7. The molecule has 0 saturated heterocycles. The van der Waals surface area contributed by atoms with Gasteiger partial charge in [-0.2, -0.15) is 0 Å². The number of carbonyl (C=O) groups excluding carboxylic acids is 1. The van der Waals surface area contributed by atoms with Crippen LogP contribution >= 0.6 is 15.9 Å². The summed E-state index contributed by atoms with van der Waals surface area (Å²) in [6, 6.07) is 7.06. The number of carbonyl (C=O) groups is 1. The summed E-state index contributed by atoms with van der Waals surface area (Å²) in [6.45, 7) is 4.87. The van der Waals surface area contributed by atoms with Crippen LogP contribution in [0.5, 0.6) is 5.75 Å². The van der Waals surface area contributed by atoms with Crippen LogP contribution in [0.25, 0.3) is 0 Å². The Balaban J connectivity index is 2.72. The standard InChI is InChI=1S/C13H18BrNO2/c1-9(2)10(7-14)8-17-12-6-4-3-5-11(12)13(15)16/h3-6,9-10H,7-8H2,1-2H3,(H2,15,16). The Kier molecular flexibility index (Phi) is 5.48. The van der Waals surface area contributed by atoms with Crippen molar-refractivity contribution in [2.75, 3.05) is 11.9 Å². The molecule has 3 nitrogen and oxygen atoms in total. The van der Waals surface area contributed by atoms with Crippen LogP contribution in [-0.2, 0) is 0 Å². The van der Waals surface area contributed by atoms with Gasteiger partial charge in [-0.25, -0.2) is 0 Å². The fourth-order valence-corrected chi connectivity index (χ4v) is 2.34. The molecule has 17 heavy (non-hydrogen) atoms. The van der Waals surface area contributed by atoms with Crippen LogP contribution in [-0.4, -0.2) is 17.8 Å². The maximum absolute atomic E-state index is 11.2. The zero-order chi connectivity index (χ0) is 12.8. The highest BCUT2D eigenvalue weighted by molar-refractivity contribution is 9.09. The highest BCUT2D eigenvalue weighted by Crippen LogP contribution is 2.20. The van der Waals surface area contributed by atoms with Gasteiger partial charge in [-0.15, -0.1) is 0 Å². The smallest absolute Gasteiger partial charge is 0.252 e. The van der Waals surface area contributed by atoms with Crippen molar-refractivity contribution in [2.45, 2.75) is 13.8 Å². The van der Waals surface area contributed by atoms with Crippen molar-refractivity contribution >= 4 is 21.8 Å². The Morgan fingerprint density at radius 3 is 2.59 bits per heavy atom. The van der Waals surface area contributed by atoms with Gasteiger partial charge in [0.2, 0.25) is 0 Å². The quantitative estimate of drug-likeness (QED) is 0.821. The van der Waals surface area contributed by atoms with Crippen LogP contribution in [0.4, 0.5) is 0 Å². The van der Waals surface area contributed by atoms with E-state index in [-0.39, 0.29) is 0 Å². The molecule has 0 heterocycles. The molecule has 1 aromatic carbocycles. The van der Waals surface area contributed by atoms with E-state index >= 15 is 0 Å². The van der Waals surface area contributed by atoms with E-state index in [2.05, 4.69) is 29.8 Å². The molecule has 94 valence electrons. The van der Waals surface area contributed by atoms with Gasteiger partial charge in [0.15, 0.2) is 0 Å². The molecule has 2 N–H and O–H groups in total. The Labute approximate surface area is 110 Å². The van der Waals surface area contributed by atoms with E-state index in [9.17, 15) is 4.79 Å². The summed E-state index contributed by atoms with van der Waals surface area (Å²) in [4.78, 5) is 11.2. The summed E-state index contributed by atoms with van der Waals surface area (Å²) in [7, 11) is 0. The van der Waals surface area contributed by atoms with E-state index in [4.69, 9.17) is 10.5 Å². The second-order valence-electron chi connectivity index (χ2n) is 4.33. The fraction of sp³-hybridized carbons (Fsp3) is 0.462. The molecule has 0 radical (unpaired) electrons. The lowest BCUT2D eigenvalue weighted by Crippen LogP contribution is -2.21. The molecule has 4 heteroatoms. The number of amides is 1. The topological polar surface area (TPSA) is 52.3 Å². The third kappa shape index (κ3) is 4.04. The summed E-state index contributed by atoms with van der Waals surface area (Å²) in [6.07, 6.45) is 0. The largest absolute Gasteiger partial charge is 0.492 e. The number of halogens is 1. The van der Waals surface area contributed by atoms with Gasteiger partial charge in [0, 0.05) is 11.2 Å². The second-order valence-corrected chi connectivity index (χ2v) is 4.98. The Hall–Kier alpha value is -1.03. The number of para-hydroxylation sites is 1. The Morgan fingerprint density at radius 2 is 2.06 bits per heavy atom. The maximum atomic E-state index is 11.2. The summed E-state index contributed by atoms with van der Waals surface area (Å²) >= 11 is 3.47. The lowest BCUT2D eigenvalue weighted by molar-refractivity contribution is 0.0995. The maximum Gasteiger partial charge on any atom is 0.252 e. The number of alkyl halides is 1. The minimum Gasteiger partial charge on any atom is -0.492 e. The molecule has 1 aromatic rings. The second kappa shape index (κ2) is 6.64. The molecule has 0 aromatic heterocycles. The third-order valence-corrected chi connectivity index (χ3v) is 3.58. The molecule has 1 atom stereocenters. The van der Waals surface area contributed by atoms with Crippen molar-refractivity contribution < 1.29 is 9.53 Å². The zero-order valence-electron chi connectivity index (χ0n) is 10.2. The first-order valence-electron chi connectivity index (χ1n) is 5.63. The number of hydrogen-bond acceptors (Lipinski definition) is 2. The van der Waals surface area contributed by atoms with Gasteiger partial charge in [-0.05, 0) is 18.1 Å². The summed E-state index contributed by atoms with van der Waals surface area (Å²) in [5.74, 6) is 1.04. The molecule has 0 aliphatic carbocycles. The summed E-state index contributed by atoms with van der Waals surface area (Å²) in [5, 5.41) is 0.878. The lowest BCUT2D eigenvalue weighted by Gasteiger charge is -2.19. The average molecular weight is 300 g/mol. The molecule has 0 fully saturated rings. The summed E-state index contributed by atoms with van der Waals surface area (Å²) in [5.41, 5.74) is 5.72. The van der Waals surface area contributed by atoms with E-state index in [1.165, 1.54) is 0 Å². The molecular weight excluding hydrogens is 282 g/mol. The SMILES string of the molecule is CC(C)C(CBr)COc1ccccc1C(N)=O. The molecule has 1 rings (SSSR count). The minimum atomic E-state index is -0.458. The highest BCUT2D eigenvalue weighted by atomic mass is 79.9. The molecule has 0 aliphatic heterocycles. The van der Waals surface area contributed by atoms with Crippen LogP contribution in [0, 0.1) is 11.8 Å². The van der Waals surface area contributed by atoms with E-state index < -0.39 is 5.91 Å². The Bertz CT molecular complexity index is 379. The number of rotatable bonds is 6. The van der Waals surface area contributed by atoms with Crippen LogP contribution in [0.15, 0.2) is 24.3 Å². The van der Waals surface area contributed by atoms with Crippen LogP contribution in [0.1, 0.15) is 24.2 Å². The van der Waals surface area contributed by atoms with Crippen LogP contribution in [0.2, 0.25) is 0 Å². The Morgan fingerprint density at radius 1 is 1.41 bits per heavy atom. The van der Waals surface area contributed by atoms with Crippen molar-refractivity contribution in [1.29, 1.82) is 0 Å². The minimum absolute atomic E-state index is 0.413. The first-order chi connectivity index (χ1) is 8.06. The number of primary amides is 1. The first kappa shape index (κ1) is 14.0. The number of benzene rings is 1. The normalized spacial score (nSPS) is 12.5. The van der Waals surface area contributed by atoms with E-state index in [1.807, 2.05) is 6.07 Å². The van der Waals surface area contributed by atoms with Gasteiger partial charge in [-0.3, -0.25) is 4.79 Å². The van der Waals surface area contributed by atoms with Gasteiger partial charge >= 0.3 is 0 Å². The molecule has 1 amide bonds. The first-order valence-corrected chi connectivity index (χ1v) is 6.76. The van der Waals surface area contributed by atoms with E-state index in [0.29, 0.717) is 29.8 Å². The van der Waals surface area contributed by atoms with Crippen molar-refractivity contribution in [2.24, 2.45) is 17.6 Å². The van der Waals surface area contributed by atoms with Crippen LogP contribution in [0.3, 0.4) is 0 Å². The van der Waals surface area contributed by atoms with Gasteiger partial charge in [-0.1, -0.05) is 41.9 Å². The highest BCUT2D eigenvalue weighted by Gasteiger charge is 2.14. The van der Waals surface area contributed by atoms with Gasteiger partial charge < -0.3 is 10.5 Å². The summed E-state index contributed by atoms with van der Waals surface area (Å²) < 4.78 is 5.68. The number of ether oxygens (including phenoxy) is 1. The van der Waals surface area contributed by atoms with E-state index in [0.717, 1.165) is 5.33 Å². The van der Waals surface area contributed by atoms with Gasteiger partial charge in [0.05, 0.1) is 12.2 Å². The molecule has 0 bridgehead atoms. The van der Waals surface area contributed by atoms with E-state index in [1.54, 1.807) is 18.2 Å².